The molecule has 0 aromatic rings. The standard InChI is InChI=1S/C11H19NO3/c1-3-10(13)8-6-4-5-7-9(8)12-11(14)15-2/h8-9H,3-7H2,1-2H3,(H,12,14). The highest BCUT2D eigenvalue weighted by molar-refractivity contribution is 5.82. The third kappa shape index (κ3) is 3.22. The molecule has 1 aliphatic rings. The van der Waals surface area contributed by atoms with Crippen LogP contribution >= 0.6 is 0 Å². The zero-order chi connectivity index (χ0) is 11.3. The number of carbonyl (C=O) groups is 2. The van der Waals surface area contributed by atoms with Crippen LogP contribution in [0.1, 0.15) is 39.0 Å². The number of amides is 1. The second-order valence-corrected chi connectivity index (χ2v) is 3.95. The maximum absolute atomic E-state index is 11.7. The number of rotatable bonds is 3. The molecule has 0 aliphatic heterocycles. The topological polar surface area (TPSA) is 55.4 Å². The SMILES string of the molecule is CCC(=O)C1CCCCC1NC(=O)OC. The Morgan fingerprint density at radius 3 is 2.60 bits per heavy atom. The van der Waals surface area contributed by atoms with E-state index in [0.717, 1.165) is 25.7 Å². The van der Waals surface area contributed by atoms with Gasteiger partial charge in [-0.05, 0) is 12.8 Å². The molecule has 2 atom stereocenters. The van der Waals surface area contributed by atoms with E-state index < -0.39 is 6.09 Å². The Bertz CT molecular complexity index is 240. The predicted octanol–water partition coefficient (Wildman–Crippen LogP) is 1.88. The van der Waals surface area contributed by atoms with Gasteiger partial charge in [0.2, 0.25) is 0 Å². The van der Waals surface area contributed by atoms with E-state index in [9.17, 15) is 9.59 Å². The number of ketones is 1. The number of hydrogen-bond donors (Lipinski definition) is 1. The average Bonchev–Trinajstić information content (AvgIpc) is 2.28. The fourth-order valence-corrected chi connectivity index (χ4v) is 2.16. The van der Waals surface area contributed by atoms with Crippen molar-refractivity contribution in [2.24, 2.45) is 5.92 Å². The van der Waals surface area contributed by atoms with Gasteiger partial charge in [-0.25, -0.2) is 4.79 Å². The van der Waals surface area contributed by atoms with Gasteiger partial charge >= 0.3 is 6.09 Å². The molecule has 1 amide bonds. The molecule has 0 spiro atoms. The molecular formula is C11H19NO3. The first kappa shape index (κ1) is 12.0. The van der Waals surface area contributed by atoms with Gasteiger partial charge in [-0.3, -0.25) is 4.79 Å². The van der Waals surface area contributed by atoms with E-state index in [-0.39, 0.29) is 17.7 Å². The molecule has 4 nitrogen and oxygen atoms in total. The van der Waals surface area contributed by atoms with Gasteiger partial charge in [-0.2, -0.15) is 0 Å². The van der Waals surface area contributed by atoms with Gasteiger partial charge in [0.05, 0.1) is 7.11 Å². The molecule has 1 aliphatic carbocycles. The summed E-state index contributed by atoms with van der Waals surface area (Å²) in [7, 11) is 1.34. The first-order valence-electron chi connectivity index (χ1n) is 5.56. The van der Waals surface area contributed by atoms with Gasteiger partial charge in [-0.1, -0.05) is 19.8 Å². The zero-order valence-corrected chi connectivity index (χ0v) is 9.41. The molecule has 0 bridgehead atoms. The van der Waals surface area contributed by atoms with Gasteiger partial charge in [0.1, 0.15) is 5.78 Å². The number of alkyl carbamates (subject to hydrolysis) is 1. The fraction of sp³-hybridized carbons (Fsp3) is 0.818. The second-order valence-electron chi connectivity index (χ2n) is 3.95. The Kier molecular flexibility index (Phi) is 4.59. The number of methoxy groups -OCH3 is 1. The maximum atomic E-state index is 11.7. The van der Waals surface area contributed by atoms with E-state index in [1.165, 1.54) is 7.11 Å². The largest absolute Gasteiger partial charge is 0.453 e. The number of nitrogens with one attached hydrogen (secondary N) is 1. The summed E-state index contributed by atoms with van der Waals surface area (Å²) in [5.41, 5.74) is 0. The van der Waals surface area contributed by atoms with Crippen molar-refractivity contribution in [1.82, 2.24) is 5.32 Å². The van der Waals surface area contributed by atoms with Crippen LogP contribution in [0.4, 0.5) is 4.79 Å². The van der Waals surface area contributed by atoms with Crippen molar-refractivity contribution in [3.8, 4) is 0 Å². The van der Waals surface area contributed by atoms with Crippen molar-refractivity contribution in [2.45, 2.75) is 45.1 Å². The molecule has 0 saturated heterocycles. The van der Waals surface area contributed by atoms with E-state index in [2.05, 4.69) is 10.1 Å². The fourth-order valence-electron chi connectivity index (χ4n) is 2.16. The third-order valence-electron chi connectivity index (χ3n) is 3.02. The Labute approximate surface area is 90.4 Å². The van der Waals surface area contributed by atoms with Gasteiger partial charge in [0.25, 0.3) is 0 Å². The molecular weight excluding hydrogens is 194 g/mol. The van der Waals surface area contributed by atoms with Crippen LogP contribution in [0.5, 0.6) is 0 Å². The minimum absolute atomic E-state index is 0.0112. The van der Waals surface area contributed by atoms with Gasteiger partial charge < -0.3 is 10.1 Å². The van der Waals surface area contributed by atoms with Crippen LogP contribution in [0.25, 0.3) is 0 Å². The van der Waals surface area contributed by atoms with Crippen molar-refractivity contribution < 1.29 is 14.3 Å². The van der Waals surface area contributed by atoms with Crippen LogP contribution in [0.2, 0.25) is 0 Å². The van der Waals surface area contributed by atoms with Crippen molar-refractivity contribution in [3.05, 3.63) is 0 Å². The van der Waals surface area contributed by atoms with Gasteiger partial charge in [0.15, 0.2) is 0 Å². The summed E-state index contributed by atoms with van der Waals surface area (Å²) < 4.78 is 4.55. The van der Waals surface area contributed by atoms with E-state index >= 15 is 0 Å². The molecule has 1 fully saturated rings. The number of ether oxygens (including phenoxy) is 1. The van der Waals surface area contributed by atoms with E-state index in [4.69, 9.17) is 0 Å². The summed E-state index contributed by atoms with van der Waals surface area (Å²) >= 11 is 0. The summed E-state index contributed by atoms with van der Waals surface area (Å²) in [6, 6.07) is -0.0290. The molecule has 86 valence electrons. The van der Waals surface area contributed by atoms with Crippen LogP contribution in [-0.2, 0) is 9.53 Å². The summed E-state index contributed by atoms with van der Waals surface area (Å²) in [6.07, 6.45) is 4.03. The Hall–Kier alpha value is -1.06. The molecule has 0 aromatic heterocycles. The Morgan fingerprint density at radius 2 is 2.00 bits per heavy atom. The minimum atomic E-state index is -0.434. The molecule has 0 aromatic carbocycles. The van der Waals surface area contributed by atoms with E-state index in [1.807, 2.05) is 6.92 Å². The van der Waals surface area contributed by atoms with E-state index in [0.29, 0.717) is 6.42 Å². The second kappa shape index (κ2) is 5.73. The maximum Gasteiger partial charge on any atom is 0.407 e. The molecule has 2 unspecified atom stereocenters. The predicted molar refractivity (Wildman–Crippen MR) is 56.6 cm³/mol. The third-order valence-corrected chi connectivity index (χ3v) is 3.02. The number of hydrogen-bond acceptors (Lipinski definition) is 3. The van der Waals surface area contributed by atoms with Crippen LogP contribution in [0.15, 0.2) is 0 Å². The highest BCUT2D eigenvalue weighted by Gasteiger charge is 2.30. The molecule has 0 heterocycles. The molecule has 1 saturated carbocycles. The highest BCUT2D eigenvalue weighted by atomic mass is 16.5. The quantitative estimate of drug-likeness (QED) is 0.778. The smallest absolute Gasteiger partial charge is 0.407 e. The lowest BCUT2D eigenvalue weighted by molar-refractivity contribution is -0.124. The minimum Gasteiger partial charge on any atom is -0.453 e. The lowest BCUT2D eigenvalue weighted by atomic mass is 9.81. The number of carbonyl (C=O) groups excluding carboxylic acids is 2. The van der Waals surface area contributed by atoms with Crippen molar-refractivity contribution in [1.29, 1.82) is 0 Å². The monoisotopic (exact) mass is 213 g/mol. The van der Waals surface area contributed by atoms with Gasteiger partial charge in [-0.15, -0.1) is 0 Å². The molecule has 1 N–H and O–H groups in total. The number of Topliss-reactive ketones (excluding diaryl/α,β-unsaturated/α-hetero) is 1. The highest BCUT2D eigenvalue weighted by Crippen LogP contribution is 2.26. The van der Waals surface area contributed by atoms with Gasteiger partial charge in [0, 0.05) is 18.4 Å². The van der Waals surface area contributed by atoms with Crippen molar-refractivity contribution in [2.75, 3.05) is 7.11 Å². The molecule has 1 rings (SSSR count). The van der Waals surface area contributed by atoms with E-state index in [1.54, 1.807) is 0 Å². The lowest BCUT2D eigenvalue weighted by Crippen LogP contribution is -2.44. The molecule has 0 radical (unpaired) electrons. The lowest BCUT2D eigenvalue weighted by Gasteiger charge is -2.30. The van der Waals surface area contributed by atoms with Crippen molar-refractivity contribution >= 4 is 11.9 Å². The van der Waals surface area contributed by atoms with Crippen LogP contribution < -0.4 is 5.32 Å². The normalized spacial score (nSPS) is 25.7. The first-order valence-corrected chi connectivity index (χ1v) is 5.56. The van der Waals surface area contributed by atoms with Crippen LogP contribution in [-0.4, -0.2) is 25.0 Å². The summed E-state index contributed by atoms with van der Waals surface area (Å²) in [5.74, 6) is 0.235. The summed E-state index contributed by atoms with van der Waals surface area (Å²) in [4.78, 5) is 22.7. The molecule has 15 heavy (non-hydrogen) atoms. The average molecular weight is 213 g/mol. The summed E-state index contributed by atoms with van der Waals surface area (Å²) in [6.45, 7) is 1.87. The van der Waals surface area contributed by atoms with Crippen LogP contribution in [0.3, 0.4) is 0 Å². The van der Waals surface area contributed by atoms with Crippen molar-refractivity contribution in [3.63, 3.8) is 0 Å². The van der Waals surface area contributed by atoms with Crippen LogP contribution in [0, 0.1) is 5.92 Å². The molecule has 4 heteroatoms. The Balaban J connectivity index is 2.57. The Morgan fingerprint density at radius 1 is 1.33 bits per heavy atom. The summed E-state index contributed by atoms with van der Waals surface area (Å²) in [5, 5.41) is 2.75. The zero-order valence-electron chi connectivity index (χ0n) is 9.41. The first-order chi connectivity index (χ1) is 7.19.